The molecule has 2 heterocycles. The molecule has 7 nitrogen and oxygen atoms in total. The van der Waals surface area contributed by atoms with Crippen LogP contribution in [-0.2, 0) is 9.59 Å². The molecule has 3 rings (SSSR count). The Morgan fingerprint density at radius 1 is 1.24 bits per heavy atom. The number of nitriles is 2. The zero-order valence-corrected chi connectivity index (χ0v) is 13.7. The van der Waals surface area contributed by atoms with Crippen molar-refractivity contribution in [3.05, 3.63) is 57.9 Å². The number of nitrogens with two attached hydrogens (primary N) is 1. The molecule has 2 unspecified atom stereocenters. The van der Waals surface area contributed by atoms with Crippen LogP contribution in [0.3, 0.4) is 0 Å². The van der Waals surface area contributed by atoms with Crippen LogP contribution in [0.2, 0.25) is 0 Å². The van der Waals surface area contributed by atoms with E-state index < -0.39 is 23.0 Å². The summed E-state index contributed by atoms with van der Waals surface area (Å²) in [6, 6.07) is 13.0. The highest BCUT2D eigenvalue weighted by Gasteiger charge is 2.46. The van der Waals surface area contributed by atoms with E-state index in [-0.39, 0.29) is 23.4 Å². The van der Waals surface area contributed by atoms with Gasteiger partial charge in [-0.05, 0) is 5.56 Å². The fourth-order valence-corrected chi connectivity index (χ4v) is 4.22. The van der Waals surface area contributed by atoms with Crippen molar-refractivity contribution < 1.29 is 14.7 Å². The summed E-state index contributed by atoms with van der Waals surface area (Å²) in [4.78, 5) is 24.6. The zero-order valence-electron chi connectivity index (χ0n) is 12.8. The van der Waals surface area contributed by atoms with Crippen molar-refractivity contribution in [2.45, 2.75) is 17.6 Å². The Labute approximate surface area is 147 Å². The summed E-state index contributed by atoms with van der Waals surface area (Å²) in [6.45, 7) is 0. The number of fused-ring (bicyclic) bond motifs is 1. The number of nitrogens with zero attached hydrogens (tertiary/aromatic N) is 3. The lowest BCUT2D eigenvalue weighted by Crippen LogP contribution is -2.37. The van der Waals surface area contributed by atoms with Gasteiger partial charge in [-0.2, -0.15) is 10.5 Å². The molecule has 1 aromatic carbocycles. The Bertz CT molecular complexity index is 908. The summed E-state index contributed by atoms with van der Waals surface area (Å²) in [5, 5.41) is 27.7. The lowest BCUT2D eigenvalue weighted by Gasteiger charge is -2.29. The van der Waals surface area contributed by atoms with E-state index in [1.165, 1.54) is 0 Å². The maximum absolute atomic E-state index is 12.5. The van der Waals surface area contributed by atoms with E-state index in [1.54, 1.807) is 24.3 Å². The predicted molar refractivity (Wildman–Crippen MR) is 89.1 cm³/mol. The smallest absolute Gasteiger partial charge is 0.305 e. The zero-order chi connectivity index (χ0) is 18.1. The highest BCUT2D eigenvalue weighted by atomic mass is 32.2. The summed E-state index contributed by atoms with van der Waals surface area (Å²) < 4.78 is 0. The average Bonchev–Trinajstić information content (AvgIpc) is 2.91. The fraction of sp³-hybridized carbons (Fsp3) is 0.176. The minimum Gasteiger partial charge on any atom is -0.481 e. The summed E-state index contributed by atoms with van der Waals surface area (Å²) in [5.74, 6) is -2.36. The predicted octanol–water partition coefficient (Wildman–Crippen LogP) is 1.63. The topological polar surface area (TPSA) is 131 Å². The molecule has 8 heteroatoms. The van der Waals surface area contributed by atoms with Crippen LogP contribution in [0.1, 0.15) is 17.9 Å². The fourth-order valence-electron chi connectivity index (χ4n) is 2.93. The second-order valence-electron chi connectivity index (χ2n) is 5.46. The number of amides is 1. The lowest BCUT2D eigenvalue weighted by molar-refractivity contribution is -0.139. The summed E-state index contributed by atoms with van der Waals surface area (Å²) in [6.07, 6.45) is -0.382. The molecule has 2 aliphatic rings. The molecule has 1 amide bonds. The molecule has 2 aliphatic heterocycles. The molecule has 2 atom stereocenters. The van der Waals surface area contributed by atoms with E-state index in [4.69, 9.17) is 10.8 Å². The maximum atomic E-state index is 12.5. The number of carbonyl (C=O) groups excluding carboxylic acids is 1. The third-order valence-electron chi connectivity index (χ3n) is 4.01. The molecular formula is C17H12N4O3S. The highest BCUT2D eigenvalue weighted by Crippen LogP contribution is 2.49. The number of carboxylic acid groups (broad SMARTS) is 1. The number of carbonyl (C=O) groups is 2. The minimum atomic E-state index is -1.12. The van der Waals surface area contributed by atoms with Gasteiger partial charge in [-0.15, -0.1) is 0 Å². The number of allylic oxidation sites excluding steroid dienone is 2. The molecule has 0 radical (unpaired) electrons. The van der Waals surface area contributed by atoms with Gasteiger partial charge in [-0.1, -0.05) is 42.1 Å². The first-order valence-corrected chi connectivity index (χ1v) is 8.19. The molecule has 124 valence electrons. The third kappa shape index (κ3) is 2.63. The van der Waals surface area contributed by atoms with Gasteiger partial charge in [0.2, 0.25) is 5.91 Å². The molecule has 1 fully saturated rings. The van der Waals surface area contributed by atoms with Crippen LogP contribution in [0.15, 0.2) is 52.3 Å². The van der Waals surface area contributed by atoms with Gasteiger partial charge < -0.3 is 10.8 Å². The number of thioether (sulfide) groups is 1. The van der Waals surface area contributed by atoms with Crippen molar-refractivity contribution in [1.82, 2.24) is 4.90 Å². The molecule has 0 bridgehead atoms. The Morgan fingerprint density at radius 3 is 2.44 bits per heavy atom. The Kier molecular flexibility index (Phi) is 4.22. The summed E-state index contributed by atoms with van der Waals surface area (Å²) >= 11 is 1.01. The molecule has 25 heavy (non-hydrogen) atoms. The Balaban J connectivity index is 2.18. The monoisotopic (exact) mass is 352 g/mol. The number of benzene rings is 1. The molecule has 1 saturated heterocycles. The minimum absolute atomic E-state index is 0.0456. The second kappa shape index (κ2) is 6.34. The SMILES string of the molecule is N#CC1=C(N)N2C(=O)C(CC(=O)O)SC2=C(C#N)C1c1ccccc1. The summed E-state index contributed by atoms with van der Waals surface area (Å²) in [5.41, 5.74) is 7.10. The van der Waals surface area contributed by atoms with Crippen LogP contribution in [-0.4, -0.2) is 27.1 Å². The van der Waals surface area contributed by atoms with Crippen LogP contribution in [0, 0.1) is 22.7 Å². The van der Waals surface area contributed by atoms with E-state index in [0.717, 1.165) is 16.7 Å². The number of carboxylic acids is 1. The maximum Gasteiger partial charge on any atom is 0.305 e. The highest BCUT2D eigenvalue weighted by molar-refractivity contribution is 8.04. The van der Waals surface area contributed by atoms with Gasteiger partial charge in [-0.25, -0.2) is 0 Å². The molecule has 3 N–H and O–H groups in total. The van der Waals surface area contributed by atoms with Crippen LogP contribution < -0.4 is 5.73 Å². The van der Waals surface area contributed by atoms with Crippen molar-refractivity contribution in [3.63, 3.8) is 0 Å². The first-order chi connectivity index (χ1) is 12.0. The van der Waals surface area contributed by atoms with E-state index in [9.17, 15) is 20.1 Å². The first-order valence-electron chi connectivity index (χ1n) is 7.31. The lowest BCUT2D eigenvalue weighted by atomic mass is 9.84. The van der Waals surface area contributed by atoms with Gasteiger partial charge >= 0.3 is 5.97 Å². The number of hydrogen-bond donors (Lipinski definition) is 2. The van der Waals surface area contributed by atoms with Gasteiger partial charge in [0.25, 0.3) is 0 Å². The normalized spacial score (nSPS) is 22.5. The van der Waals surface area contributed by atoms with Gasteiger partial charge in [0.15, 0.2) is 0 Å². The van der Waals surface area contributed by atoms with Crippen molar-refractivity contribution >= 4 is 23.6 Å². The quantitative estimate of drug-likeness (QED) is 0.845. The molecular weight excluding hydrogens is 340 g/mol. The van der Waals surface area contributed by atoms with E-state index >= 15 is 0 Å². The van der Waals surface area contributed by atoms with Crippen LogP contribution in [0.4, 0.5) is 0 Å². The van der Waals surface area contributed by atoms with Crippen molar-refractivity contribution in [2.75, 3.05) is 0 Å². The van der Waals surface area contributed by atoms with E-state index in [1.807, 2.05) is 12.1 Å². The van der Waals surface area contributed by atoms with Crippen molar-refractivity contribution in [3.8, 4) is 12.1 Å². The number of rotatable bonds is 3. The van der Waals surface area contributed by atoms with Gasteiger partial charge in [-0.3, -0.25) is 14.5 Å². The van der Waals surface area contributed by atoms with Crippen molar-refractivity contribution in [1.29, 1.82) is 10.5 Å². The Hall–Kier alpha value is -3.23. The molecule has 0 spiro atoms. The largest absolute Gasteiger partial charge is 0.481 e. The molecule has 0 saturated carbocycles. The van der Waals surface area contributed by atoms with Crippen molar-refractivity contribution in [2.24, 2.45) is 5.73 Å². The van der Waals surface area contributed by atoms with Gasteiger partial charge in [0.1, 0.15) is 11.1 Å². The molecule has 1 aromatic rings. The molecule has 0 aromatic heterocycles. The standard InChI is InChI=1S/C17H12N4O3S/c18-7-10-14(9-4-2-1-3-5-9)11(8-19)17-21(15(10)20)16(24)12(25-17)6-13(22)23/h1-5,12,14H,6,20H2,(H,22,23). The Morgan fingerprint density at radius 2 is 1.88 bits per heavy atom. The second-order valence-corrected chi connectivity index (χ2v) is 6.65. The number of hydrogen-bond acceptors (Lipinski definition) is 6. The third-order valence-corrected chi connectivity index (χ3v) is 5.29. The first kappa shape index (κ1) is 16.6. The average molecular weight is 352 g/mol. The van der Waals surface area contributed by atoms with E-state index in [0.29, 0.717) is 10.6 Å². The van der Waals surface area contributed by atoms with Gasteiger partial charge in [0, 0.05) is 0 Å². The van der Waals surface area contributed by atoms with Gasteiger partial charge in [0.05, 0.1) is 40.7 Å². The number of aliphatic carboxylic acids is 1. The van der Waals surface area contributed by atoms with Crippen LogP contribution in [0.25, 0.3) is 0 Å². The van der Waals surface area contributed by atoms with Crippen LogP contribution >= 0.6 is 11.8 Å². The van der Waals surface area contributed by atoms with E-state index in [2.05, 4.69) is 6.07 Å². The van der Waals surface area contributed by atoms with Crippen LogP contribution in [0.5, 0.6) is 0 Å². The summed E-state index contributed by atoms with van der Waals surface area (Å²) in [7, 11) is 0. The molecule has 0 aliphatic carbocycles.